The van der Waals surface area contributed by atoms with E-state index in [0.29, 0.717) is 17.8 Å². The van der Waals surface area contributed by atoms with Crippen LogP contribution in [0.1, 0.15) is 35.3 Å². The molecule has 2 rings (SSSR count). The van der Waals surface area contributed by atoms with Crippen molar-refractivity contribution in [3.05, 3.63) is 23.5 Å². The second kappa shape index (κ2) is 5.76. The number of hydrazine groups is 1. The monoisotopic (exact) mass is 277 g/mol. The fourth-order valence-corrected chi connectivity index (χ4v) is 2.57. The van der Waals surface area contributed by atoms with Crippen LogP contribution in [0.3, 0.4) is 0 Å². The third kappa shape index (κ3) is 2.76. The van der Waals surface area contributed by atoms with Gasteiger partial charge in [0.25, 0.3) is 5.91 Å². The van der Waals surface area contributed by atoms with E-state index in [2.05, 4.69) is 34.7 Å². The molecule has 20 heavy (non-hydrogen) atoms. The largest absolute Gasteiger partial charge is 0.350 e. The molecule has 0 atom stereocenters. The lowest BCUT2D eigenvalue weighted by molar-refractivity contribution is 0.0558. The number of rotatable bonds is 5. The smallest absolute Gasteiger partial charge is 0.255 e. The molecule has 6 heteroatoms. The van der Waals surface area contributed by atoms with Crippen molar-refractivity contribution in [1.82, 2.24) is 15.2 Å². The summed E-state index contributed by atoms with van der Waals surface area (Å²) in [6.45, 7) is 2.51. The molecule has 1 saturated carbocycles. The number of carbonyl (C=O) groups excluding carboxylic acids is 1. The van der Waals surface area contributed by atoms with Gasteiger partial charge in [0.2, 0.25) is 0 Å². The van der Waals surface area contributed by atoms with Crippen LogP contribution in [-0.2, 0) is 0 Å². The zero-order valence-electron chi connectivity index (χ0n) is 12.4. The van der Waals surface area contributed by atoms with Crippen LogP contribution in [0.15, 0.2) is 12.3 Å². The fraction of sp³-hybridized carbons (Fsp3) is 0.571. The van der Waals surface area contributed by atoms with E-state index >= 15 is 0 Å². The number of likely N-dealkylation sites (N-methyl/N-ethyl adjacent to an activating group) is 1. The fourth-order valence-electron chi connectivity index (χ4n) is 2.57. The molecule has 0 bridgehead atoms. The maximum absolute atomic E-state index is 12.3. The third-order valence-corrected chi connectivity index (χ3v) is 4.25. The van der Waals surface area contributed by atoms with Gasteiger partial charge >= 0.3 is 0 Å². The molecule has 1 aromatic rings. The number of nitrogen functional groups attached to an aromatic ring is 1. The van der Waals surface area contributed by atoms with Crippen LogP contribution in [0.25, 0.3) is 0 Å². The van der Waals surface area contributed by atoms with Crippen molar-refractivity contribution in [2.75, 3.05) is 26.1 Å². The Labute approximate surface area is 119 Å². The molecule has 1 amide bonds. The highest BCUT2D eigenvalue weighted by Crippen LogP contribution is 2.35. The summed E-state index contributed by atoms with van der Waals surface area (Å²) in [5.74, 6) is 5.32. The topological polar surface area (TPSA) is 83.3 Å². The number of amides is 1. The lowest BCUT2D eigenvalue weighted by Crippen LogP contribution is -2.57. The van der Waals surface area contributed by atoms with Crippen molar-refractivity contribution in [3.8, 4) is 0 Å². The van der Waals surface area contributed by atoms with Crippen LogP contribution in [0.2, 0.25) is 0 Å². The van der Waals surface area contributed by atoms with E-state index in [-0.39, 0.29) is 11.4 Å². The molecule has 0 radical (unpaired) electrons. The standard InChI is InChI=1S/C14H23N5O/c1-10-7-12(18-15)11(8-16-10)13(20)17-9-14(19(2)3)5-4-6-14/h7-8H,4-6,9,15H2,1-3H3,(H,16,18)(H,17,20). The molecule has 6 nitrogen and oxygen atoms in total. The molecule has 0 spiro atoms. The van der Waals surface area contributed by atoms with Crippen molar-refractivity contribution in [3.63, 3.8) is 0 Å². The van der Waals surface area contributed by atoms with Gasteiger partial charge in [0.05, 0.1) is 11.3 Å². The van der Waals surface area contributed by atoms with Crippen LogP contribution < -0.4 is 16.6 Å². The quantitative estimate of drug-likeness (QED) is 0.550. The molecule has 110 valence electrons. The number of nitrogens with zero attached hydrogens (tertiary/aromatic N) is 2. The first-order valence-corrected chi connectivity index (χ1v) is 6.87. The number of hydrogen-bond acceptors (Lipinski definition) is 5. The highest BCUT2D eigenvalue weighted by Gasteiger charge is 2.39. The molecule has 1 aliphatic carbocycles. The average molecular weight is 277 g/mol. The normalized spacial score (nSPS) is 16.6. The van der Waals surface area contributed by atoms with Crippen LogP contribution in [0, 0.1) is 6.92 Å². The summed E-state index contributed by atoms with van der Waals surface area (Å²) >= 11 is 0. The minimum absolute atomic E-state index is 0.101. The van der Waals surface area contributed by atoms with Gasteiger partial charge in [-0.3, -0.25) is 15.6 Å². The number of anilines is 1. The van der Waals surface area contributed by atoms with Crippen molar-refractivity contribution < 1.29 is 4.79 Å². The molecular formula is C14H23N5O. The van der Waals surface area contributed by atoms with Gasteiger partial charge < -0.3 is 15.6 Å². The van der Waals surface area contributed by atoms with Gasteiger partial charge in [-0.15, -0.1) is 0 Å². The Morgan fingerprint density at radius 1 is 1.50 bits per heavy atom. The summed E-state index contributed by atoms with van der Waals surface area (Å²) in [4.78, 5) is 18.6. The van der Waals surface area contributed by atoms with Crippen LogP contribution in [-0.4, -0.2) is 42.0 Å². The molecule has 1 aromatic heterocycles. The van der Waals surface area contributed by atoms with Crippen LogP contribution in [0.4, 0.5) is 5.69 Å². The van der Waals surface area contributed by atoms with Crippen LogP contribution >= 0.6 is 0 Å². The molecule has 0 saturated heterocycles. The number of nitrogens with one attached hydrogen (secondary N) is 2. The van der Waals surface area contributed by atoms with E-state index in [0.717, 1.165) is 18.5 Å². The summed E-state index contributed by atoms with van der Waals surface area (Å²) in [6.07, 6.45) is 5.02. The van der Waals surface area contributed by atoms with Gasteiger partial charge in [-0.1, -0.05) is 0 Å². The lowest BCUT2D eigenvalue weighted by atomic mass is 9.75. The highest BCUT2D eigenvalue weighted by atomic mass is 16.1. The summed E-state index contributed by atoms with van der Waals surface area (Å²) in [5.41, 5.74) is 4.55. The predicted molar refractivity (Wildman–Crippen MR) is 79.4 cm³/mol. The van der Waals surface area contributed by atoms with Gasteiger partial charge in [-0.05, 0) is 46.3 Å². The molecule has 1 aliphatic rings. The van der Waals surface area contributed by atoms with Gasteiger partial charge in [0.1, 0.15) is 0 Å². The minimum atomic E-state index is -0.140. The number of carbonyl (C=O) groups is 1. The Morgan fingerprint density at radius 3 is 2.70 bits per heavy atom. The van der Waals surface area contributed by atoms with E-state index < -0.39 is 0 Å². The zero-order chi connectivity index (χ0) is 14.8. The predicted octanol–water partition coefficient (Wildman–Crippen LogP) is 0.890. The Kier molecular flexibility index (Phi) is 4.25. The first-order chi connectivity index (χ1) is 9.48. The van der Waals surface area contributed by atoms with Crippen LogP contribution in [0.5, 0.6) is 0 Å². The minimum Gasteiger partial charge on any atom is -0.350 e. The Balaban J connectivity index is 2.05. The number of aromatic nitrogens is 1. The second-order valence-corrected chi connectivity index (χ2v) is 5.67. The zero-order valence-corrected chi connectivity index (χ0v) is 12.4. The highest BCUT2D eigenvalue weighted by molar-refractivity contribution is 5.99. The van der Waals surface area contributed by atoms with Crippen molar-refractivity contribution >= 4 is 11.6 Å². The number of nitrogens with two attached hydrogens (primary N) is 1. The van der Waals surface area contributed by atoms with E-state index in [9.17, 15) is 4.79 Å². The van der Waals surface area contributed by atoms with E-state index in [1.54, 1.807) is 12.3 Å². The molecule has 0 aromatic carbocycles. The Hall–Kier alpha value is -1.66. The van der Waals surface area contributed by atoms with Crippen molar-refractivity contribution in [1.29, 1.82) is 0 Å². The van der Waals surface area contributed by atoms with Gasteiger partial charge in [-0.25, -0.2) is 0 Å². The molecule has 0 unspecified atom stereocenters. The van der Waals surface area contributed by atoms with Crippen molar-refractivity contribution in [2.24, 2.45) is 5.84 Å². The lowest BCUT2D eigenvalue weighted by Gasteiger charge is -2.47. The summed E-state index contributed by atoms with van der Waals surface area (Å²) in [6, 6.07) is 1.76. The van der Waals surface area contributed by atoms with Gasteiger partial charge in [-0.2, -0.15) is 0 Å². The van der Waals surface area contributed by atoms with E-state index in [1.807, 2.05) is 6.92 Å². The number of aryl methyl sites for hydroxylation is 1. The summed E-state index contributed by atoms with van der Waals surface area (Å²) in [5, 5.41) is 3.00. The number of pyridine rings is 1. The summed E-state index contributed by atoms with van der Waals surface area (Å²) < 4.78 is 0. The third-order valence-electron chi connectivity index (χ3n) is 4.25. The first-order valence-electron chi connectivity index (χ1n) is 6.87. The molecule has 4 N–H and O–H groups in total. The molecular weight excluding hydrogens is 254 g/mol. The SMILES string of the molecule is Cc1cc(NN)c(C(=O)NCC2(N(C)C)CCC2)cn1. The van der Waals surface area contributed by atoms with E-state index in [1.165, 1.54) is 6.42 Å². The Bertz CT molecular complexity index is 496. The number of hydrogen-bond donors (Lipinski definition) is 3. The average Bonchev–Trinajstić information content (AvgIpc) is 2.36. The first kappa shape index (κ1) is 14.7. The van der Waals surface area contributed by atoms with E-state index in [4.69, 9.17) is 5.84 Å². The molecule has 0 aliphatic heterocycles. The maximum Gasteiger partial charge on any atom is 0.255 e. The van der Waals surface area contributed by atoms with Gasteiger partial charge in [0, 0.05) is 24.0 Å². The van der Waals surface area contributed by atoms with Gasteiger partial charge in [0.15, 0.2) is 0 Å². The maximum atomic E-state index is 12.3. The second-order valence-electron chi connectivity index (χ2n) is 5.67. The molecule has 1 heterocycles. The molecule has 1 fully saturated rings. The van der Waals surface area contributed by atoms with Crippen molar-refractivity contribution in [2.45, 2.75) is 31.7 Å². The Morgan fingerprint density at radius 2 is 2.20 bits per heavy atom. The summed E-state index contributed by atoms with van der Waals surface area (Å²) in [7, 11) is 4.12.